The lowest BCUT2D eigenvalue weighted by Crippen LogP contribution is -2.53. The largest absolute Gasteiger partial charge is 0.383 e. The van der Waals surface area contributed by atoms with Gasteiger partial charge >= 0.3 is 12.3 Å². The summed E-state index contributed by atoms with van der Waals surface area (Å²) in [6.07, 6.45) is -3.67. The topological polar surface area (TPSA) is 46.2 Å². The lowest BCUT2D eigenvalue weighted by molar-refractivity contribution is -0.171. The number of carbonyl (C=O) groups is 2. The predicted molar refractivity (Wildman–Crippen MR) is 61.1 cm³/mol. The summed E-state index contributed by atoms with van der Waals surface area (Å²) in [5.74, 6) is -7.88. The van der Waals surface area contributed by atoms with Crippen LogP contribution in [0, 0.1) is 5.92 Å². The molecule has 0 spiro atoms. The maximum atomic E-state index is 12.7. The van der Waals surface area contributed by atoms with Crippen molar-refractivity contribution in [3.63, 3.8) is 0 Å². The minimum atomic E-state index is -4.79. The summed E-state index contributed by atoms with van der Waals surface area (Å²) in [5, 5.41) is 1.54. The maximum absolute atomic E-state index is 12.7. The van der Waals surface area contributed by atoms with Crippen LogP contribution in [0.4, 0.5) is 17.6 Å². The van der Waals surface area contributed by atoms with Crippen LogP contribution in [0.3, 0.4) is 0 Å². The van der Waals surface area contributed by atoms with E-state index < -0.39 is 36.0 Å². The molecular weight excluding hydrogens is 322 g/mol. The van der Waals surface area contributed by atoms with Crippen LogP contribution in [-0.2, 0) is 9.59 Å². The second-order valence-electron chi connectivity index (χ2n) is 3.86. The lowest BCUT2D eigenvalue weighted by atomic mass is 9.96. The molecule has 2 unspecified atom stereocenters. The third-order valence-electron chi connectivity index (χ3n) is 2.55. The number of nitrogens with one attached hydrogen (secondary N) is 1. The summed E-state index contributed by atoms with van der Waals surface area (Å²) in [4.78, 5) is 22.5. The number of hydrogen-bond acceptors (Lipinski definition) is 2. The molecule has 2 atom stereocenters. The van der Waals surface area contributed by atoms with Crippen LogP contribution < -0.4 is 5.32 Å². The van der Waals surface area contributed by atoms with E-state index in [1.54, 1.807) is 19.2 Å². The molecule has 8 heteroatoms. The molecule has 0 fully saturated rings. The molecule has 0 radical (unpaired) electrons. The molecule has 0 aliphatic carbocycles. The van der Waals surface area contributed by atoms with Crippen LogP contribution in [0.2, 0.25) is 0 Å². The summed E-state index contributed by atoms with van der Waals surface area (Å²) in [6.45, 7) is 3.25. The highest BCUT2D eigenvalue weighted by atomic mass is 79.9. The Morgan fingerprint density at radius 1 is 1.33 bits per heavy atom. The first-order chi connectivity index (χ1) is 8.18. The van der Waals surface area contributed by atoms with Gasteiger partial charge < -0.3 is 5.32 Å². The van der Waals surface area contributed by atoms with Gasteiger partial charge in [-0.05, 0) is 5.92 Å². The van der Waals surface area contributed by atoms with E-state index in [1.165, 1.54) is 0 Å². The third kappa shape index (κ3) is 4.22. The first-order valence-corrected chi connectivity index (χ1v) is 6.36. The van der Waals surface area contributed by atoms with Gasteiger partial charge in [0.15, 0.2) is 5.78 Å². The second-order valence-corrected chi connectivity index (χ2v) is 4.42. The average molecular weight is 336 g/mol. The Hall–Kier alpha value is -0.660. The van der Waals surface area contributed by atoms with Crippen LogP contribution >= 0.6 is 15.9 Å². The molecule has 1 amide bonds. The Labute approximate surface area is 110 Å². The fourth-order valence-electron chi connectivity index (χ4n) is 1.20. The first kappa shape index (κ1) is 17.3. The molecule has 0 saturated carbocycles. The van der Waals surface area contributed by atoms with Gasteiger partial charge in [-0.25, -0.2) is 8.78 Å². The molecule has 106 valence electrons. The van der Waals surface area contributed by atoms with E-state index in [-0.39, 0.29) is 5.33 Å². The van der Waals surface area contributed by atoms with Crippen LogP contribution in [0.5, 0.6) is 0 Å². The number of alkyl halides is 5. The monoisotopic (exact) mass is 335 g/mol. The molecule has 0 aromatic heterocycles. The SMILES string of the molecule is CCC(C)C(NC(=O)C(F)(F)C(F)F)C(=O)CBr. The van der Waals surface area contributed by atoms with Gasteiger partial charge in [0.05, 0.1) is 11.4 Å². The Balaban J connectivity index is 4.90. The Bertz CT molecular complexity index is 312. The van der Waals surface area contributed by atoms with E-state index in [4.69, 9.17) is 0 Å². The highest BCUT2D eigenvalue weighted by molar-refractivity contribution is 9.09. The van der Waals surface area contributed by atoms with Crippen LogP contribution in [0.15, 0.2) is 0 Å². The van der Waals surface area contributed by atoms with Crippen molar-refractivity contribution in [3.05, 3.63) is 0 Å². The first-order valence-electron chi connectivity index (χ1n) is 5.24. The molecule has 3 nitrogen and oxygen atoms in total. The number of Topliss-reactive ketones (excluding diaryl/α,β-unsaturated/α-hetero) is 1. The van der Waals surface area contributed by atoms with Crippen molar-refractivity contribution in [2.24, 2.45) is 5.92 Å². The maximum Gasteiger partial charge on any atom is 0.383 e. The van der Waals surface area contributed by atoms with Crippen LogP contribution in [-0.4, -0.2) is 35.4 Å². The van der Waals surface area contributed by atoms with Crippen molar-refractivity contribution in [2.75, 3.05) is 5.33 Å². The smallest absolute Gasteiger partial charge is 0.341 e. The zero-order chi connectivity index (χ0) is 14.5. The van der Waals surface area contributed by atoms with Crippen molar-refractivity contribution in [2.45, 2.75) is 38.7 Å². The predicted octanol–water partition coefficient (Wildman–Crippen LogP) is 2.38. The minimum Gasteiger partial charge on any atom is -0.341 e. The number of carbonyl (C=O) groups excluding carboxylic acids is 2. The Morgan fingerprint density at radius 3 is 2.17 bits per heavy atom. The lowest BCUT2D eigenvalue weighted by Gasteiger charge is -2.24. The average Bonchev–Trinajstić information content (AvgIpc) is 2.33. The standard InChI is InChI=1S/C10H14BrF4NO2/c1-3-5(2)7(6(17)4-11)16-9(18)10(14,15)8(12)13/h5,7-8H,3-4H2,1-2H3,(H,16,18). The highest BCUT2D eigenvalue weighted by Gasteiger charge is 2.50. The fraction of sp³-hybridized carbons (Fsp3) is 0.800. The Kier molecular flexibility index (Phi) is 6.80. The summed E-state index contributed by atoms with van der Waals surface area (Å²) in [6, 6.07) is -1.20. The molecule has 0 rings (SSSR count). The number of halogens is 5. The number of ketones is 1. The van der Waals surface area contributed by atoms with E-state index in [9.17, 15) is 27.2 Å². The minimum absolute atomic E-state index is 0.150. The molecule has 0 saturated heterocycles. The zero-order valence-corrected chi connectivity index (χ0v) is 11.4. The molecule has 0 heterocycles. The van der Waals surface area contributed by atoms with Crippen molar-refractivity contribution >= 4 is 27.6 Å². The summed E-state index contributed by atoms with van der Waals surface area (Å²) < 4.78 is 49.4. The Morgan fingerprint density at radius 2 is 1.83 bits per heavy atom. The van der Waals surface area contributed by atoms with Crippen molar-refractivity contribution in [1.29, 1.82) is 0 Å². The highest BCUT2D eigenvalue weighted by Crippen LogP contribution is 2.23. The van der Waals surface area contributed by atoms with Gasteiger partial charge in [0, 0.05) is 0 Å². The molecule has 0 aliphatic heterocycles. The molecule has 0 bridgehead atoms. The summed E-state index contributed by atoms with van der Waals surface area (Å²) in [5.41, 5.74) is 0. The zero-order valence-electron chi connectivity index (χ0n) is 9.85. The van der Waals surface area contributed by atoms with E-state index in [1.807, 2.05) is 0 Å². The van der Waals surface area contributed by atoms with Crippen molar-refractivity contribution in [1.82, 2.24) is 5.32 Å². The van der Waals surface area contributed by atoms with Gasteiger partial charge in [0.1, 0.15) is 0 Å². The normalized spacial score (nSPS) is 15.3. The van der Waals surface area contributed by atoms with E-state index >= 15 is 0 Å². The van der Waals surface area contributed by atoms with Gasteiger partial charge in [-0.3, -0.25) is 9.59 Å². The summed E-state index contributed by atoms with van der Waals surface area (Å²) in [7, 11) is 0. The molecule has 0 aromatic carbocycles. The van der Waals surface area contributed by atoms with Gasteiger partial charge in [0.2, 0.25) is 0 Å². The molecule has 18 heavy (non-hydrogen) atoms. The molecule has 1 N–H and O–H groups in total. The fourth-order valence-corrected chi connectivity index (χ4v) is 1.54. The van der Waals surface area contributed by atoms with Crippen molar-refractivity contribution in [3.8, 4) is 0 Å². The number of hydrogen-bond donors (Lipinski definition) is 1. The van der Waals surface area contributed by atoms with E-state index in [0.29, 0.717) is 6.42 Å². The molecule has 0 aliphatic rings. The van der Waals surface area contributed by atoms with Crippen LogP contribution in [0.25, 0.3) is 0 Å². The molecular formula is C10H14BrF4NO2. The van der Waals surface area contributed by atoms with Gasteiger partial charge in [-0.2, -0.15) is 8.78 Å². The quantitative estimate of drug-likeness (QED) is 0.573. The number of amides is 1. The van der Waals surface area contributed by atoms with Crippen LogP contribution in [0.1, 0.15) is 20.3 Å². The van der Waals surface area contributed by atoms with E-state index in [2.05, 4.69) is 15.9 Å². The van der Waals surface area contributed by atoms with Gasteiger partial charge in [0.25, 0.3) is 5.91 Å². The van der Waals surface area contributed by atoms with Gasteiger partial charge in [-0.15, -0.1) is 0 Å². The second kappa shape index (κ2) is 7.06. The molecule has 0 aromatic rings. The third-order valence-corrected chi connectivity index (χ3v) is 3.11. The summed E-state index contributed by atoms with van der Waals surface area (Å²) >= 11 is 2.85. The number of rotatable bonds is 7. The van der Waals surface area contributed by atoms with Gasteiger partial charge in [-0.1, -0.05) is 36.2 Å². The van der Waals surface area contributed by atoms with E-state index in [0.717, 1.165) is 0 Å². The van der Waals surface area contributed by atoms with Crippen molar-refractivity contribution < 1.29 is 27.2 Å².